The molecule has 0 spiro atoms. The average Bonchev–Trinajstić information content (AvgIpc) is 2.43. The number of ether oxygens (including phenoxy) is 1. The average molecular weight is 265 g/mol. The lowest BCUT2D eigenvalue weighted by Crippen LogP contribution is -2.42. The van der Waals surface area contributed by atoms with Gasteiger partial charge in [-0.05, 0) is 12.1 Å². The van der Waals surface area contributed by atoms with E-state index in [9.17, 15) is 9.59 Å². The summed E-state index contributed by atoms with van der Waals surface area (Å²) in [6.45, 7) is 4.59. The fourth-order valence-corrected chi connectivity index (χ4v) is 2.02. The number of nitrogens with one attached hydrogen (secondary N) is 1. The van der Waals surface area contributed by atoms with Crippen molar-refractivity contribution < 1.29 is 9.53 Å². The first-order valence-corrected chi connectivity index (χ1v) is 6.42. The molecule has 1 aromatic heterocycles. The Morgan fingerprint density at radius 1 is 1.42 bits per heavy atom. The van der Waals surface area contributed by atoms with Gasteiger partial charge in [-0.2, -0.15) is 0 Å². The highest BCUT2D eigenvalue weighted by Crippen LogP contribution is 1.95. The van der Waals surface area contributed by atoms with E-state index in [1.807, 2.05) is 0 Å². The molecule has 0 atom stereocenters. The van der Waals surface area contributed by atoms with Crippen molar-refractivity contribution in [1.29, 1.82) is 0 Å². The SMILES string of the molecule is Cn1cccc(C(=O)NCCN2CCOCC2)c1=O. The summed E-state index contributed by atoms with van der Waals surface area (Å²) in [4.78, 5) is 25.9. The van der Waals surface area contributed by atoms with Crippen molar-refractivity contribution in [2.75, 3.05) is 39.4 Å². The second-order valence-electron chi connectivity index (χ2n) is 4.55. The van der Waals surface area contributed by atoms with Crippen LogP contribution in [0.15, 0.2) is 23.1 Å². The molecule has 104 valence electrons. The number of carbonyl (C=O) groups excluding carboxylic acids is 1. The van der Waals surface area contributed by atoms with Crippen LogP contribution < -0.4 is 10.9 Å². The van der Waals surface area contributed by atoms with Crippen LogP contribution in [0.2, 0.25) is 0 Å². The molecule has 2 heterocycles. The Bertz CT molecular complexity index is 492. The standard InChI is InChI=1S/C13H19N3O3/c1-15-5-2-3-11(13(15)18)12(17)14-4-6-16-7-9-19-10-8-16/h2-3,5H,4,6-10H2,1H3,(H,14,17). The Kier molecular flexibility index (Phi) is 4.70. The molecule has 1 aliphatic rings. The minimum Gasteiger partial charge on any atom is -0.379 e. The highest BCUT2D eigenvalue weighted by atomic mass is 16.5. The predicted octanol–water partition coefficient (Wildman–Crippen LogP) is -0.553. The number of aryl methyl sites for hydroxylation is 1. The minimum atomic E-state index is -0.311. The van der Waals surface area contributed by atoms with Crippen molar-refractivity contribution in [3.8, 4) is 0 Å². The molecule has 1 N–H and O–H groups in total. The first kappa shape index (κ1) is 13.8. The third-order valence-electron chi connectivity index (χ3n) is 3.19. The van der Waals surface area contributed by atoms with Crippen LogP contribution in [-0.4, -0.2) is 54.8 Å². The third kappa shape index (κ3) is 3.65. The molecule has 1 saturated heterocycles. The Morgan fingerprint density at radius 2 is 2.16 bits per heavy atom. The van der Waals surface area contributed by atoms with Gasteiger partial charge >= 0.3 is 0 Å². The lowest BCUT2D eigenvalue weighted by atomic mass is 10.2. The zero-order valence-electron chi connectivity index (χ0n) is 11.1. The molecule has 2 rings (SSSR count). The summed E-state index contributed by atoms with van der Waals surface area (Å²) in [5.74, 6) is -0.311. The van der Waals surface area contributed by atoms with Crippen LogP contribution in [0.25, 0.3) is 0 Å². The number of morpholine rings is 1. The van der Waals surface area contributed by atoms with E-state index in [4.69, 9.17) is 4.74 Å². The molecule has 19 heavy (non-hydrogen) atoms. The summed E-state index contributed by atoms with van der Waals surface area (Å²) in [6.07, 6.45) is 1.63. The normalized spacial score (nSPS) is 16.3. The highest BCUT2D eigenvalue weighted by Gasteiger charge is 2.12. The van der Waals surface area contributed by atoms with Crippen molar-refractivity contribution in [3.63, 3.8) is 0 Å². The Hall–Kier alpha value is -1.66. The van der Waals surface area contributed by atoms with Gasteiger partial charge in [0, 0.05) is 39.4 Å². The molecule has 1 aliphatic heterocycles. The van der Waals surface area contributed by atoms with Crippen molar-refractivity contribution in [2.45, 2.75) is 0 Å². The fourth-order valence-electron chi connectivity index (χ4n) is 2.02. The van der Waals surface area contributed by atoms with E-state index in [0.717, 1.165) is 32.8 Å². The van der Waals surface area contributed by atoms with E-state index in [1.165, 1.54) is 4.57 Å². The number of nitrogens with zero attached hydrogens (tertiary/aromatic N) is 2. The highest BCUT2D eigenvalue weighted by molar-refractivity contribution is 5.93. The topological polar surface area (TPSA) is 63.6 Å². The van der Waals surface area contributed by atoms with Crippen LogP contribution in [0.3, 0.4) is 0 Å². The van der Waals surface area contributed by atoms with Crippen molar-refractivity contribution in [2.24, 2.45) is 7.05 Å². The first-order valence-electron chi connectivity index (χ1n) is 6.42. The third-order valence-corrected chi connectivity index (χ3v) is 3.19. The molecule has 0 unspecified atom stereocenters. The van der Waals surface area contributed by atoms with Crippen LogP contribution in [0.4, 0.5) is 0 Å². The summed E-state index contributed by atoms with van der Waals surface area (Å²) in [5.41, 5.74) is -0.0849. The Labute approximate surface area is 112 Å². The number of rotatable bonds is 4. The molecule has 0 saturated carbocycles. The van der Waals surface area contributed by atoms with Crippen molar-refractivity contribution >= 4 is 5.91 Å². The van der Waals surface area contributed by atoms with E-state index in [0.29, 0.717) is 6.54 Å². The van der Waals surface area contributed by atoms with Gasteiger partial charge in [0.15, 0.2) is 0 Å². The molecule has 6 nitrogen and oxygen atoms in total. The lowest BCUT2D eigenvalue weighted by molar-refractivity contribution is 0.0383. The maximum absolute atomic E-state index is 11.9. The quantitative estimate of drug-likeness (QED) is 0.793. The number of carbonyl (C=O) groups is 1. The van der Waals surface area contributed by atoms with E-state index < -0.39 is 0 Å². The van der Waals surface area contributed by atoms with Gasteiger partial charge in [-0.15, -0.1) is 0 Å². The maximum atomic E-state index is 11.9. The van der Waals surface area contributed by atoms with E-state index >= 15 is 0 Å². The summed E-state index contributed by atoms with van der Waals surface area (Å²) < 4.78 is 6.65. The molecule has 0 bridgehead atoms. The van der Waals surface area contributed by atoms with E-state index in [-0.39, 0.29) is 17.0 Å². The zero-order chi connectivity index (χ0) is 13.7. The lowest BCUT2D eigenvalue weighted by Gasteiger charge is -2.26. The van der Waals surface area contributed by atoms with Crippen molar-refractivity contribution in [3.05, 3.63) is 34.2 Å². The van der Waals surface area contributed by atoms with E-state index in [2.05, 4.69) is 10.2 Å². The summed E-state index contributed by atoms with van der Waals surface area (Å²) >= 11 is 0. The second-order valence-corrected chi connectivity index (χ2v) is 4.55. The second kappa shape index (κ2) is 6.49. The smallest absolute Gasteiger partial charge is 0.263 e. The largest absolute Gasteiger partial charge is 0.379 e. The van der Waals surface area contributed by atoms with Gasteiger partial charge in [0.25, 0.3) is 11.5 Å². The molecule has 0 aromatic carbocycles. The number of aromatic nitrogens is 1. The molecule has 1 fully saturated rings. The van der Waals surface area contributed by atoms with Gasteiger partial charge in [-0.3, -0.25) is 14.5 Å². The van der Waals surface area contributed by atoms with E-state index in [1.54, 1.807) is 25.4 Å². The molecule has 0 radical (unpaired) electrons. The van der Waals surface area contributed by atoms with Gasteiger partial charge in [-0.1, -0.05) is 0 Å². The summed E-state index contributed by atoms with van der Waals surface area (Å²) in [7, 11) is 1.63. The van der Waals surface area contributed by atoms with Gasteiger partial charge in [0.05, 0.1) is 13.2 Å². The van der Waals surface area contributed by atoms with Crippen LogP contribution >= 0.6 is 0 Å². The Balaban J connectivity index is 1.84. The monoisotopic (exact) mass is 265 g/mol. The predicted molar refractivity (Wildman–Crippen MR) is 71.3 cm³/mol. The minimum absolute atomic E-state index is 0.187. The van der Waals surface area contributed by atoms with Gasteiger partial charge in [0.2, 0.25) is 0 Å². The number of hydrogen-bond acceptors (Lipinski definition) is 4. The fraction of sp³-hybridized carbons (Fsp3) is 0.538. The van der Waals surface area contributed by atoms with Crippen molar-refractivity contribution in [1.82, 2.24) is 14.8 Å². The van der Waals surface area contributed by atoms with Crippen LogP contribution in [0, 0.1) is 0 Å². The summed E-state index contributed by atoms with van der Waals surface area (Å²) in [6, 6.07) is 3.24. The molecular formula is C13H19N3O3. The molecule has 6 heteroatoms. The van der Waals surface area contributed by atoms with Crippen LogP contribution in [0.5, 0.6) is 0 Å². The first-order chi connectivity index (χ1) is 9.18. The van der Waals surface area contributed by atoms with Gasteiger partial charge in [-0.25, -0.2) is 0 Å². The molecule has 1 amide bonds. The van der Waals surface area contributed by atoms with Gasteiger partial charge < -0.3 is 14.6 Å². The number of amides is 1. The summed E-state index contributed by atoms with van der Waals surface area (Å²) in [5, 5.41) is 2.78. The molecular weight excluding hydrogens is 246 g/mol. The number of hydrogen-bond donors (Lipinski definition) is 1. The maximum Gasteiger partial charge on any atom is 0.263 e. The van der Waals surface area contributed by atoms with Crippen LogP contribution in [-0.2, 0) is 11.8 Å². The van der Waals surface area contributed by atoms with Gasteiger partial charge in [0.1, 0.15) is 5.56 Å². The molecule has 1 aromatic rings. The number of pyridine rings is 1. The zero-order valence-corrected chi connectivity index (χ0v) is 11.1. The Morgan fingerprint density at radius 3 is 2.89 bits per heavy atom. The molecule has 0 aliphatic carbocycles. The van der Waals surface area contributed by atoms with Crippen LogP contribution in [0.1, 0.15) is 10.4 Å².